The summed E-state index contributed by atoms with van der Waals surface area (Å²) in [7, 11) is 0. The molecule has 0 fully saturated rings. The second-order valence-electron chi connectivity index (χ2n) is 4.84. The minimum atomic E-state index is -4.46. The lowest BCUT2D eigenvalue weighted by molar-refractivity contribution is -0.0640. The van der Waals surface area contributed by atoms with Crippen molar-refractivity contribution in [1.82, 2.24) is 10.4 Å². The molecule has 1 aliphatic heterocycles. The van der Waals surface area contributed by atoms with Gasteiger partial charge in [0.2, 0.25) is 5.84 Å². The van der Waals surface area contributed by atoms with Crippen molar-refractivity contribution in [2.24, 2.45) is 4.99 Å². The molecule has 1 N–H and O–H groups in total. The Labute approximate surface area is 110 Å². The third-order valence-corrected chi connectivity index (χ3v) is 2.89. The number of unbranched alkanes of at least 4 members (excludes halogenated alkanes) is 2. The van der Waals surface area contributed by atoms with Gasteiger partial charge in [0.1, 0.15) is 11.2 Å². The Balaban J connectivity index is 2.76. The second kappa shape index (κ2) is 5.65. The first-order chi connectivity index (χ1) is 8.16. The number of hydrogen-bond acceptors (Lipinski definition) is 3. The number of aliphatic imine (C=N–C) groups is 1. The highest BCUT2D eigenvalue weighted by molar-refractivity contribution is 6.23. The average molecular weight is 286 g/mol. The fourth-order valence-corrected chi connectivity index (χ4v) is 1.97. The van der Waals surface area contributed by atoms with Crippen LogP contribution in [0.4, 0.5) is 13.2 Å². The predicted octanol–water partition coefficient (Wildman–Crippen LogP) is 3.65. The largest absolute Gasteiger partial charge is 0.450 e. The smallest absolute Gasteiger partial charge is 0.296 e. The van der Waals surface area contributed by atoms with Crippen molar-refractivity contribution in [3.63, 3.8) is 0 Å². The zero-order chi connectivity index (χ0) is 14.0. The molecular weight excluding hydrogens is 267 g/mol. The molecule has 0 saturated carbocycles. The van der Waals surface area contributed by atoms with E-state index in [1.165, 1.54) is 5.01 Å². The molecule has 1 aliphatic rings. The van der Waals surface area contributed by atoms with Crippen molar-refractivity contribution in [2.45, 2.75) is 63.8 Å². The molecule has 1 atom stereocenters. The molecule has 1 heterocycles. The van der Waals surface area contributed by atoms with E-state index < -0.39 is 23.2 Å². The Morgan fingerprint density at radius 3 is 2.39 bits per heavy atom. The quantitative estimate of drug-likeness (QED) is 0.474. The number of nitrogens with one attached hydrogen (secondary N) is 1. The molecule has 0 bridgehead atoms. The van der Waals surface area contributed by atoms with E-state index in [4.69, 9.17) is 11.6 Å². The number of hydrogen-bond donors (Lipinski definition) is 1. The molecule has 1 unspecified atom stereocenters. The highest BCUT2D eigenvalue weighted by Crippen LogP contribution is 2.30. The molecule has 3 nitrogen and oxygen atoms in total. The molecule has 0 aromatic carbocycles. The lowest BCUT2D eigenvalue weighted by Crippen LogP contribution is -2.53. The van der Waals surface area contributed by atoms with Crippen LogP contribution in [0.3, 0.4) is 0 Å². The molecule has 0 radical (unpaired) electrons. The summed E-state index contributed by atoms with van der Waals surface area (Å²) in [5, 5.41) is 1.37. The van der Waals surface area contributed by atoms with Gasteiger partial charge in [0.15, 0.2) is 0 Å². The number of alkyl halides is 4. The molecule has 0 aromatic heterocycles. The SMILES string of the molecule is CCCCCC1N=C(C(F)(F)F)NN1C(C)(C)Cl. The van der Waals surface area contributed by atoms with Crippen LogP contribution in [0, 0.1) is 0 Å². The summed E-state index contributed by atoms with van der Waals surface area (Å²) >= 11 is 6.09. The Hall–Kier alpha value is -0.490. The molecule has 106 valence electrons. The number of amidine groups is 1. The highest BCUT2D eigenvalue weighted by Gasteiger charge is 2.45. The summed E-state index contributed by atoms with van der Waals surface area (Å²) in [5.41, 5.74) is 2.27. The van der Waals surface area contributed by atoms with Crippen LogP contribution in [0.1, 0.15) is 46.5 Å². The van der Waals surface area contributed by atoms with Gasteiger partial charge in [-0.3, -0.25) is 5.43 Å². The fourth-order valence-electron chi connectivity index (χ4n) is 1.82. The molecule has 1 rings (SSSR count). The van der Waals surface area contributed by atoms with Crippen molar-refractivity contribution in [3.8, 4) is 0 Å². The Kier molecular flexibility index (Phi) is 4.89. The van der Waals surface area contributed by atoms with Gasteiger partial charge in [-0.15, -0.1) is 11.6 Å². The Morgan fingerprint density at radius 2 is 1.94 bits per heavy atom. The molecule has 0 aromatic rings. The van der Waals surface area contributed by atoms with Crippen LogP contribution < -0.4 is 5.43 Å². The van der Waals surface area contributed by atoms with Crippen LogP contribution >= 0.6 is 11.6 Å². The fraction of sp³-hybridized carbons (Fsp3) is 0.909. The van der Waals surface area contributed by atoms with Crippen LogP contribution in [0.2, 0.25) is 0 Å². The van der Waals surface area contributed by atoms with Crippen molar-refractivity contribution in [1.29, 1.82) is 0 Å². The molecule has 0 amide bonds. The van der Waals surface area contributed by atoms with E-state index in [2.05, 4.69) is 10.4 Å². The maximum absolute atomic E-state index is 12.6. The monoisotopic (exact) mass is 285 g/mol. The number of nitrogens with zero attached hydrogens (tertiary/aromatic N) is 2. The third kappa shape index (κ3) is 4.02. The van der Waals surface area contributed by atoms with E-state index in [1.807, 2.05) is 6.92 Å². The van der Waals surface area contributed by atoms with Crippen LogP contribution in [0.15, 0.2) is 4.99 Å². The van der Waals surface area contributed by atoms with Crippen LogP contribution in [-0.2, 0) is 0 Å². The molecule has 0 aliphatic carbocycles. The molecule has 0 spiro atoms. The van der Waals surface area contributed by atoms with E-state index in [0.29, 0.717) is 6.42 Å². The first kappa shape index (κ1) is 15.6. The van der Waals surface area contributed by atoms with Gasteiger partial charge in [-0.2, -0.15) is 18.2 Å². The molecular formula is C11H19ClF3N3. The lowest BCUT2D eigenvalue weighted by atomic mass is 10.1. The number of halogens is 4. The summed E-state index contributed by atoms with van der Waals surface area (Å²) in [6, 6.07) is 0. The van der Waals surface area contributed by atoms with E-state index in [1.54, 1.807) is 13.8 Å². The third-order valence-electron chi connectivity index (χ3n) is 2.71. The van der Waals surface area contributed by atoms with Gasteiger partial charge in [-0.25, -0.2) is 4.99 Å². The van der Waals surface area contributed by atoms with Gasteiger partial charge in [-0.1, -0.05) is 19.8 Å². The predicted molar refractivity (Wildman–Crippen MR) is 66.3 cm³/mol. The van der Waals surface area contributed by atoms with Gasteiger partial charge in [0, 0.05) is 0 Å². The van der Waals surface area contributed by atoms with Gasteiger partial charge in [-0.05, 0) is 26.7 Å². The van der Waals surface area contributed by atoms with E-state index >= 15 is 0 Å². The zero-order valence-corrected chi connectivity index (χ0v) is 11.6. The summed E-state index contributed by atoms with van der Waals surface area (Å²) < 4.78 is 37.9. The van der Waals surface area contributed by atoms with Crippen LogP contribution in [-0.4, -0.2) is 28.2 Å². The topological polar surface area (TPSA) is 27.6 Å². The van der Waals surface area contributed by atoms with E-state index in [9.17, 15) is 13.2 Å². The normalized spacial score (nSPS) is 21.9. The van der Waals surface area contributed by atoms with E-state index in [-0.39, 0.29) is 0 Å². The standard InChI is InChI=1S/C11H19ClF3N3/c1-4-5-6-7-8-16-9(11(13,14)15)17-18(8)10(2,3)12/h8H,4-7H2,1-3H3,(H,16,17). The number of rotatable bonds is 5. The first-order valence-electron chi connectivity index (χ1n) is 6.06. The molecule has 18 heavy (non-hydrogen) atoms. The van der Waals surface area contributed by atoms with Gasteiger partial charge >= 0.3 is 6.18 Å². The summed E-state index contributed by atoms with van der Waals surface area (Å²) in [6.07, 6.45) is -1.62. The maximum atomic E-state index is 12.6. The Morgan fingerprint density at radius 1 is 1.33 bits per heavy atom. The maximum Gasteiger partial charge on any atom is 0.450 e. The number of hydrazine groups is 1. The Bertz CT molecular complexity index is 310. The van der Waals surface area contributed by atoms with Gasteiger partial charge in [0.05, 0.1) is 0 Å². The first-order valence-corrected chi connectivity index (χ1v) is 6.44. The molecule has 0 saturated heterocycles. The van der Waals surface area contributed by atoms with Crippen molar-refractivity contribution in [3.05, 3.63) is 0 Å². The van der Waals surface area contributed by atoms with E-state index in [0.717, 1.165) is 19.3 Å². The van der Waals surface area contributed by atoms with Crippen molar-refractivity contribution >= 4 is 17.4 Å². The molecule has 7 heteroatoms. The minimum Gasteiger partial charge on any atom is -0.296 e. The minimum absolute atomic E-state index is 0.555. The highest BCUT2D eigenvalue weighted by atomic mass is 35.5. The van der Waals surface area contributed by atoms with Gasteiger partial charge < -0.3 is 0 Å². The summed E-state index contributed by atoms with van der Waals surface area (Å²) in [4.78, 5) is 2.78. The van der Waals surface area contributed by atoms with Crippen molar-refractivity contribution < 1.29 is 13.2 Å². The zero-order valence-electron chi connectivity index (χ0n) is 10.8. The lowest BCUT2D eigenvalue weighted by Gasteiger charge is -2.33. The summed E-state index contributed by atoms with van der Waals surface area (Å²) in [5.74, 6) is -0.960. The summed E-state index contributed by atoms with van der Waals surface area (Å²) in [6.45, 7) is 5.33. The van der Waals surface area contributed by atoms with Crippen molar-refractivity contribution in [2.75, 3.05) is 0 Å². The van der Waals surface area contributed by atoms with Crippen LogP contribution in [0.5, 0.6) is 0 Å². The second-order valence-corrected chi connectivity index (χ2v) is 5.77. The van der Waals surface area contributed by atoms with Gasteiger partial charge in [0.25, 0.3) is 0 Å². The average Bonchev–Trinajstić information content (AvgIpc) is 2.61. The van der Waals surface area contributed by atoms with Crippen LogP contribution in [0.25, 0.3) is 0 Å².